The van der Waals surface area contributed by atoms with Crippen LogP contribution in [0.25, 0.3) is 0 Å². The fraction of sp³-hybridized carbons (Fsp3) is 0.533. The van der Waals surface area contributed by atoms with Gasteiger partial charge in [0.05, 0.1) is 27.0 Å². The molecular weight excluding hydrogens is 372 g/mol. The van der Waals surface area contributed by atoms with E-state index in [2.05, 4.69) is 11.4 Å². The fourth-order valence-corrected chi connectivity index (χ4v) is 4.74. The van der Waals surface area contributed by atoms with Gasteiger partial charge in [-0.3, -0.25) is 0 Å². The average Bonchev–Trinajstić information content (AvgIpc) is 2.53. The van der Waals surface area contributed by atoms with Crippen LogP contribution in [0.2, 0.25) is 0 Å². The summed E-state index contributed by atoms with van der Waals surface area (Å²) in [5.41, 5.74) is -0.592. The standard InChI is InChI=1S/C15H20N2O4S2.ClH/c1-22(18,19)13-2-4-14(5-3-13)23(20,21)11-8-15(12-16)6-9-17-10-7-15;/h2-5,17H,6-11H2,1H3;1H. The third-order valence-corrected chi connectivity index (χ3v) is 7.12. The van der Waals surface area contributed by atoms with Gasteiger partial charge in [0.2, 0.25) is 0 Å². The monoisotopic (exact) mass is 392 g/mol. The van der Waals surface area contributed by atoms with Gasteiger partial charge in [0.25, 0.3) is 0 Å². The minimum absolute atomic E-state index is 0. The van der Waals surface area contributed by atoms with E-state index in [1.807, 2.05) is 0 Å². The lowest BCUT2D eigenvalue weighted by Gasteiger charge is -2.31. The molecule has 24 heavy (non-hydrogen) atoms. The first kappa shape index (κ1) is 20.9. The molecule has 6 nitrogen and oxygen atoms in total. The maximum absolute atomic E-state index is 12.4. The molecule has 0 aromatic heterocycles. The SMILES string of the molecule is CS(=O)(=O)c1ccc(S(=O)(=O)CCC2(C#N)CCNCC2)cc1.Cl. The molecule has 0 spiro atoms. The number of piperidine rings is 1. The summed E-state index contributed by atoms with van der Waals surface area (Å²) in [4.78, 5) is 0.176. The normalized spacial score (nSPS) is 17.5. The van der Waals surface area contributed by atoms with Gasteiger partial charge < -0.3 is 5.32 Å². The molecule has 134 valence electrons. The molecule has 2 rings (SSSR count). The molecule has 1 saturated heterocycles. The van der Waals surface area contributed by atoms with Crippen molar-refractivity contribution in [2.45, 2.75) is 29.1 Å². The fourth-order valence-electron chi connectivity index (χ4n) is 2.66. The average molecular weight is 393 g/mol. The van der Waals surface area contributed by atoms with Gasteiger partial charge in [-0.1, -0.05) is 0 Å². The predicted octanol–water partition coefficient (Wildman–Crippen LogP) is 1.57. The second kappa shape index (κ2) is 7.83. The highest BCUT2D eigenvalue weighted by Crippen LogP contribution is 2.33. The quantitative estimate of drug-likeness (QED) is 0.815. The van der Waals surface area contributed by atoms with Crippen LogP contribution in [0.3, 0.4) is 0 Å². The van der Waals surface area contributed by atoms with Crippen molar-refractivity contribution in [2.75, 3.05) is 25.1 Å². The number of nitriles is 1. The lowest BCUT2D eigenvalue weighted by atomic mass is 9.78. The number of hydrogen-bond acceptors (Lipinski definition) is 6. The largest absolute Gasteiger partial charge is 0.317 e. The summed E-state index contributed by atoms with van der Waals surface area (Å²) >= 11 is 0. The Morgan fingerprint density at radius 3 is 2.04 bits per heavy atom. The number of sulfone groups is 2. The Hall–Kier alpha value is -1.14. The van der Waals surface area contributed by atoms with Gasteiger partial charge in [-0.05, 0) is 56.6 Å². The van der Waals surface area contributed by atoms with Crippen LogP contribution >= 0.6 is 12.4 Å². The van der Waals surface area contributed by atoms with Crippen molar-refractivity contribution in [3.05, 3.63) is 24.3 Å². The molecule has 1 aromatic carbocycles. The Morgan fingerprint density at radius 2 is 1.58 bits per heavy atom. The zero-order valence-corrected chi connectivity index (χ0v) is 15.8. The molecule has 0 radical (unpaired) electrons. The number of hydrogen-bond donors (Lipinski definition) is 1. The van der Waals surface area contributed by atoms with Gasteiger partial charge >= 0.3 is 0 Å². The van der Waals surface area contributed by atoms with E-state index in [9.17, 15) is 22.1 Å². The lowest BCUT2D eigenvalue weighted by Crippen LogP contribution is -2.37. The molecule has 1 aliphatic heterocycles. The molecule has 0 unspecified atom stereocenters. The van der Waals surface area contributed by atoms with Crippen LogP contribution in [0, 0.1) is 16.7 Å². The zero-order chi connectivity index (χ0) is 17.1. The van der Waals surface area contributed by atoms with Crippen molar-refractivity contribution < 1.29 is 16.8 Å². The maximum atomic E-state index is 12.4. The van der Waals surface area contributed by atoms with E-state index in [0.717, 1.165) is 19.3 Å². The smallest absolute Gasteiger partial charge is 0.178 e. The van der Waals surface area contributed by atoms with E-state index >= 15 is 0 Å². The minimum Gasteiger partial charge on any atom is -0.317 e. The number of rotatable bonds is 5. The van der Waals surface area contributed by atoms with Crippen LogP contribution in [0.4, 0.5) is 0 Å². The van der Waals surface area contributed by atoms with Crippen LogP contribution in [0.15, 0.2) is 34.1 Å². The van der Waals surface area contributed by atoms with E-state index in [1.165, 1.54) is 24.3 Å². The van der Waals surface area contributed by atoms with Gasteiger partial charge in [0.1, 0.15) is 0 Å². The van der Waals surface area contributed by atoms with Crippen molar-refractivity contribution in [2.24, 2.45) is 5.41 Å². The Morgan fingerprint density at radius 1 is 1.08 bits per heavy atom. The number of nitrogens with one attached hydrogen (secondary N) is 1. The molecule has 1 heterocycles. The second-order valence-corrected chi connectivity index (χ2v) is 10.1. The van der Waals surface area contributed by atoms with Crippen molar-refractivity contribution >= 4 is 32.1 Å². The summed E-state index contributed by atoms with van der Waals surface area (Å²) in [5.74, 6) is -0.112. The first-order valence-electron chi connectivity index (χ1n) is 7.33. The Kier molecular flexibility index (Phi) is 6.82. The summed E-state index contributed by atoms with van der Waals surface area (Å²) in [6.45, 7) is 1.44. The molecule has 0 bridgehead atoms. The predicted molar refractivity (Wildman–Crippen MR) is 93.6 cm³/mol. The zero-order valence-electron chi connectivity index (χ0n) is 13.4. The highest BCUT2D eigenvalue weighted by molar-refractivity contribution is 7.91. The first-order chi connectivity index (χ1) is 10.7. The summed E-state index contributed by atoms with van der Waals surface area (Å²) in [6, 6.07) is 7.51. The number of nitrogens with zero attached hydrogens (tertiary/aromatic N) is 1. The van der Waals surface area contributed by atoms with Crippen molar-refractivity contribution in [3.63, 3.8) is 0 Å². The van der Waals surface area contributed by atoms with Crippen LogP contribution in [0.5, 0.6) is 0 Å². The molecule has 0 saturated carbocycles. The Labute approximate surface area is 149 Å². The molecule has 0 amide bonds. The third kappa shape index (κ3) is 4.93. The lowest BCUT2D eigenvalue weighted by molar-refractivity contribution is 0.273. The van der Waals surface area contributed by atoms with Crippen molar-refractivity contribution in [3.8, 4) is 6.07 Å². The molecule has 1 N–H and O–H groups in total. The van der Waals surface area contributed by atoms with Gasteiger partial charge in [0.15, 0.2) is 19.7 Å². The highest BCUT2D eigenvalue weighted by atomic mass is 35.5. The van der Waals surface area contributed by atoms with E-state index in [0.29, 0.717) is 19.3 Å². The highest BCUT2D eigenvalue weighted by Gasteiger charge is 2.33. The van der Waals surface area contributed by atoms with Gasteiger partial charge in [-0.2, -0.15) is 5.26 Å². The van der Waals surface area contributed by atoms with Gasteiger partial charge in [-0.25, -0.2) is 16.8 Å². The first-order valence-corrected chi connectivity index (χ1v) is 10.9. The van der Waals surface area contributed by atoms with Gasteiger partial charge in [0, 0.05) is 6.26 Å². The number of benzene rings is 1. The van der Waals surface area contributed by atoms with Gasteiger partial charge in [-0.15, -0.1) is 12.4 Å². The summed E-state index contributed by atoms with van der Waals surface area (Å²) in [5, 5.41) is 12.6. The summed E-state index contributed by atoms with van der Waals surface area (Å²) in [7, 11) is -6.89. The topological polar surface area (TPSA) is 104 Å². The molecule has 1 aliphatic rings. The van der Waals surface area contributed by atoms with E-state index in [-0.39, 0.29) is 28.0 Å². The summed E-state index contributed by atoms with van der Waals surface area (Å²) in [6.07, 6.45) is 2.66. The summed E-state index contributed by atoms with van der Waals surface area (Å²) < 4.78 is 47.7. The number of halogens is 1. The van der Waals surface area contributed by atoms with E-state index in [1.54, 1.807) is 0 Å². The second-order valence-electron chi connectivity index (χ2n) is 5.95. The third-order valence-electron chi connectivity index (χ3n) is 4.26. The molecule has 9 heteroatoms. The van der Waals surface area contributed by atoms with Crippen molar-refractivity contribution in [1.82, 2.24) is 5.32 Å². The van der Waals surface area contributed by atoms with Crippen LogP contribution in [0.1, 0.15) is 19.3 Å². The molecule has 1 fully saturated rings. The molecular formula is C15H21ClN2O4S2. The molecule has 1 aromatic rings. The van der Waals surface area contributed by atoms with E-state index < -0.39 is 25.1 Å². The Bertz CT molecular complexity index is 806. The van der Waals surface area contributed by atoms with Crippen molar-refractivity contribution in [1.29, 1.82) is 5.26 Å². The van der Waals surface area contributed by atoms with Crippen LogP contribution in [-0.2, 0) is 19.7 Å². The van der Waals surface area contributed by atoms with Crippen LogP contribution < -0.4 is 5.32 Å². The van der Waals surface area contributed by atoms with E-state index in [4.69, 9.17) is 0 Å². The maximum Gasteiger partial charge on any atom is 0.178 e. The van der Waals surface area contributed by atoms with Crippen LogP contribution in [-0.4, -0.2) is 41.9 Å². The molecule has 0 atom stereocenters. The minimum atomic E-state index is -3.54. The Balaban J connectivity index is 0.00000288. The molecule has 0 aliphatic carbocycles.